The van der Waals surface area contributed by atoms with E-state index in [9.17, 15) is 19.5 Å². The molecule has 0 aliphatic heterocycles. The highest BCUT2D eigenvalue weighted by Gasteiger charge is 2.70. The molecule has 2 aromatic rings. The molecule has 288 valence electrons. The minimum Gasteiger partial charge on any atom is -0.481 e. The van der Waals surface area contributed by atoms with Crippen LogP contribution in [0.1, 0.15) is 132 Å². The second kappa shape index (κ2) is 12.7. The van der Waals surface area contributed by atoms with E-state index in [0.717, 1.165) is 56.9 Å². The quantitative estimate of drug-likeness (QED) is 0.259. The van der Waals surface area contributed by atoms with E-state index in [0.29, 0.717) is 41.4 Å². The van der Waals surface area contributed by atoms with E-state index in [1.165, 1.54) is 18.0 Å². The summed E-state index contributed by atoms with van der Waals surface area (Å²) in [5.41, 5.74) is 0.741. The first-order chi connectivity index (χ1) is 24.7. The Kier molecular flexibility index (Phi) is 9.14. The summed E-state index contributed by atoms with van der Waals surface area (Å²) in [4.78, 5) is 47.5. The molecular formula is C42H57ClN4O6. The van der Waals surface area contributed by atoms with Crippen LogP contribution < -0.4 is 0 Å². The van der Waals surface area contributed by atoms with Crippen LogP contribution in [0.2, 0.25) is 5.02 Å². The lowest BCUT2D eigenvalue weighted by molar-refractivity contribution is -0.233. The van der Waals surface area contributed by atoms with Crippen LogP contribution in [0.4, 0.5) is 0 Å². The number of carbonyl (C=O) groups is 3. The van der Waals surface area contributed by atoms with E-state index < -0.39 is 17.4 Å². The van der Waals surface area contributed by atoms with Crippen molar-refractivity contribution in [3.05, 3.63) is 34.5 Å². The van der Waals surface area contributed by atoms with Gasteiger partial charge in [0, 0.05) is 36.1 Å². The average molecular weight is 749 g/mol. The maximum absolute atomic E-state index is 14.1. The number of aromatic nitrogens is 4. The van der Waals surface area contributed by atoms with E-state index in [2.05, 4.69) is 68.6 Å². The highest BCUT2D eigenvalue weighted by atomic mass is 35.5. The van der Waals surface area contributed by atoms with Crippen LogP contribution in [0.3, 0.4) is 0 Å². The fourth-order valence-electron chi connectivity index (χ4n) is 12.9. The number of rotatable bonds is 8. The molecule has 8 unspecified atom stereocenters. The molecule has 53 heavy (non-hydrogen) atoms. The lowest BCUT2D eigenvalue weighted by atomic mass is 9.33. The van der Waals surface area contributed by atoms with E-state index >= 15 is 0 Å². The second-order valence-electron chi connectivity index (χ2n) is 19.6. The smallest absolute Gasteiger partial charge is 0.309 e. The summed E-state index contributed by atoms with van der Waals surface area (Å²) >= 11 is 6.01. The van der Waals surface area contributed by atoms with Crippen molar-refractivity contribution in [3.8, 4) is 11.7 Å². The van der Waals surface area contributed by atoms with Crippen molar-refractivity contribution in [1.82, 2.24) is 20.2 Å². The van der Waals surface area contributed by atoms with Crippen molar-refractivity contribution in [3.63, 3.8) is 0 Å². The number of carboxylic acid groups (broad SMARTS) is 1. The number of Topliss-reactive ketones (excluding diaryl/α,β-unsaturated/α-hetero) is 1. The molecule has 5 aliphatic carbocycles. The number of fused-ring (bicyclic) bond motifs is 7. The number of allylic oxidation sites excluding steroid dienone is 2. The largest absolute Gasteiger partial charge is 0.481 e. The standard InChI is InChI=1S/C42H57ClN4O6/c1-23(2)32-26(48)18-42(19-30-46-47-35(53-30)34-44-21-24(43)22-45-34)17-16-40(8)25(33(32)42)10-11-28-39(7)14-13-29(52-31(49)20-37(3,4)36(50)51)38(5,6)27(39)12-15-41(28,40)9/h21-23,25,27-29H,10-20H2,1-9H3,(H,50,51). The topological polar surface area (TPSA) is 145 Å². The lowest BCUT2D eigenvalue weighted by Crippen LogP contribution is -2.65. The molecule has 5 aliphatic rings. The molecule has 2 aromatic heterocycles. The Balaban J connectivity index is 1.17. The maximum Gasteiger partial charge on any atom is 0.309 e. The van der Waals surface area contributed by atoms with Crippen LogP contribution in [0.25, 0.3) is 11.7 Å². The average Bonchev–Trinajstić information content (AvgIpc) is 3.64. The Hall–Kier alpha value is -3.14. The van der Waals surface area contributed by atoms with E-state index in [4.69, 9.17) is 20.8 Å². The Bertz CT molecular complexity index is 1850. The SMILES string of the molecule is CC(C)C1=C2C3CCC4C5(C)CCC(OC(=O)CC(C)(C)C(=O)O)C(C)(C)C5CCC4(C)C3(C)CCC2(Cc2nnc(-c3ncc(Cl)cn3)o2)CC1=O. The van der Waals surface area contributed by atoms with Gasteiger partial charge in [-0.15, -0.1) is 10.2 Å². The molecule has 0 bridgehead atoms. The molecule has 1 N–H and O–H groups in total. The van der Waals surface area contributed by atoms with Gasteiger partial charge in [0.1, 0.15) is 6.10 Å². The normalized spacial score (nSPS) is 36.4. The molecule has 0 amide bonds. The molecule has 2 heterocycles. The molecule has 0 radical (unpaired) electrons. The molecule has 4 fully saturated rings. The third-order valence-corrected chi connectivity index (χ3v) is 15.9. The van der Waals surface area contributed by atoms with E-state index in [-0.39, 0.29) is 63.1 Å². The summed E-state index contributed by atoms with van der Waals surface area (Å²) in [7, 11) is 0. The maximum atomic E-state index is 14.1. The Morgan fingerprint density at radius 2 is 1.66 bits per heavy atom. The van der Waals surface area contributed by atoms with Gasteiger partial charge in [-0.1, -0.05) is 65.6 Å². The minimum absolute atomic E-state index is 0.000508. The van der Waals surface area contributed by atoms with Crippen molar-refractivity contribution in [2.24, 2.45) is 56.2 Å². The van der Waals surface area contributed by atoms with E-state index in [1.807, 2.05) is 0 Å². The third kappa shape index (κ3) is 5.81. The zero-order valence-electron chi connectivity index (χ0n) is 33.0. The van der Waals surface area contributed by atoms with Crippen molar-refractivity contribution in [1.29, 1.82) is 0 Å². The molecule has 0 aromatic carbocycles. The first-order valence-electron chi connectivity index (χ1n) is 19.7. The summed E-state index contributed by atoms with van der Waals surface area (Å²) in [6, 6.07) is 0. The zero-order chi connectivity index (χ0) is 38.5. The summed E-state index contributed by atoms with van der Waals surface area (Å²) in [6.07, 6.45) is 11.6. The molecule has 11 heteroatoms. The number of hydrogen-bond acceptors (Lipinski definition) is 9. The third-order valence-electron chi connectivity index (χ3n) is 15.7. The van der Waals surface area contributed by atoms with E-state index in [1.54, 1.807) is 13.8 Å². The Morgan fingerprint density at radius 1 is 0.962 bits per heavy atom. The van der Waals surface area contributed by atoms with Crippen LogP contribution in [0.15, 0.2) is 28.0 Å². The van der Waals surface area contributed by atoms with Gasteiger partial charge in [-0.25, -0.2) is 9.97 Å². The van der Waals surface area contributed by atoms with Crippen molar-refractivity contribution in [2.45, 2.75) is 139 Å². The number of esters is 1. The summed E-state index contributed by atoms with van der Waals surface area (Å²) in [5.74, 6) is 1.21. The van der Waals surface area contributed by atoms with Gasteiger partial charge in [-0.05, 0) is 111 Å². The van der Waals surface area contributed by atoms with Crippen LogP contribution in [0, 0.1) is 56.2 Å². The van der Waals surface area contributed by atoms with Gasteiger partial charge < -0.3 is 14.3 Å². The van der Waals surface area contributed by atoms with Gasteiger partial charge in [0.05, 0.1) is 16.9 Å². The van der Waals surface area contributed by atoms with Crippen LogP contribution in [0.5, 0.6) is 0 Å². The number of ether oxygens (including phenoxy) is 1. The summed E-state index contributed by atoms with van der Waals surface area (Å²) in [5, 5.41) is 18.8. The number of hydrogen-bond donors (Lipinski definition) is 1. The van der Waals surface area contributed by atoms with Crippen molar-refractivity contribution < 1.29 is 28.6 Å². The second-order valence-corrected chi connectivity index (χ2v) is 20.0. The number of ketones is 1. The summed E-state index contributed by atoms with van der Waals surface area (Å²) < 4.78 is 12.4. The predicted molar refractivity (Wildman–Crippen MR) is 199 cm³/mol. The van der Waals surface area contributed by atoms with Gasteiger partial charge in [0.15, 0.2) is 5.78 Å². The monoisotopic (exact) mass is 748 g/mol. The number of nitrogens with zero attached hydrogens (tertiary/aromatic N) is 4. The Morgan fingerprint density at radius 3 is 2.32 bits per heavy atom. The molecule has 8 atom stereocenters. The fourth-order valence-corrected chi connectivity index (χ4v) is 13.0. The molecule has 0 saturated heterocycles. The van der Waals surface area contributed by atoms with Crippen LogP contribution in [-0.4, -0.2) is 49.1 Å². The molecule has 7 rings (SSSR count). The highest BCUT2D eigenvalue weighted by molar-refractivity contribution is 6.30. The summed E-state index contributed by atoms with van der Waals surface area (Å²) in [6.45, 7) is 19.6. The van der Waals surface area contributed by atoms with Crippen molar-refractivity contribution in [2.75, 3.05) is 0 Å². The van der Waals surface area contributed by atoms with Gasteiger partial charge in [0.2, 0.25) is 11.7 Å². The lowest BCUT2D eigenvalue weighted by Gasteiger charge is -2.72. The highest BCUT2D eigenvalue weighted by Crippen LogP contribution is 2.77. The van der Waals surface area contributed by atoms with Crippen molar-refractivity contribution >= 4 is 29.3 Å². The molecule has 10 nitrogen and oxygen atoms in total. The predicted octanol–water partition coefficient (Wildman–Crippen LogP) is 9.12. The molecule has 0 spiro atoms. The van der Waals surface area contributed by atoms with Gasteiger partial charge >= 0.3 is 11.9 Å². The first kappa shape index (κ1) is 38.1. The zero-order valence-corrected chi connectivity index (χ0v) is 33.7. The van der Waals surface area contributed by atoms with Gasteiger partial charge in [0.25, 0.3) is 5.89 Å². The van der Waals surface area contributed by atoms with Crippen LogP contribution >= 0.6 is 11.6 Å². The number of halogens is 1. The van der Waals surface area contributed by atoms with Crippen LogP contribution in [-0.2, 0) is 25.5 Å². The van der Waals surface area contributed by atoms with Gasteiger partial charge in [-0.2, -0.15) is 0 Å². The Labute approximate surface area is 318 Å². The number of carbonyl (C=O) groups excluding carboxylic acids is 2. The fraction of sp³-hybridized carbons (Fsp3) is 0.738. The number of carboxylic acids is 1. The molecule has 4 saturated carbocycles. The van der Waals surface area contributed by atoms with Gasteiger partial charge in [-0.3, -0.25) is 14.4 Å². The molecular weight excluding hydrogens is 692 g/mol. The number of aliphatic carboxylic acids is 1. The minimum atomic E-state index is -1.17. The first-order valence-corrected chi connectivity index (χ1v) is 20.1.